The Morgan fingerprint density at radius 3 is 2.82 bits per heavy atom. The highest BCUT2D eigenvalue weighted by atomic mass is 79.9. The number of carboxylic acids is 1. The molecule has 0 saturated carbocycles. The molecule has 0 aliphatic rings. The van der Waals surface area contributed by atoms with Crippen molar-refractivity contribution in [2.75, 3.05) is 0 Å². The SMILES string of the molecule is O=C(O)CC(c1cnccn1)c1ccc(Br)s1. The van der Waals surface area contributed by atoms with Gasteiger partial charge in [-0.05, 0) is 28.1 Å². The Balaban J connectivity index is 2.35. The van der Waals surface area contributed by atoms with E-state index in [1.807, 2.05) is 12.1 Å². The van der Waals surface area contributed by atoms with Gasteiger partial charge in [0, 0.05) is 29.4 Å². The Bertz CT molecular complexity index is 515. The first-order valence-electron chi connectivity index (χ1n) is 4.90. The predicted octanol–water partition coefficient (Wildman–Crippen LogP) is 2.91. The van der Waals surface area contributed by atoms with Crippen LogP contribution in [0.25, 0.3) is 0 Å². The molecule has 1 atom stereocenters. The maximum absolute atomic E-state index is 10.9. The normalized spacial score (nSPS) is 12.3. The minimum Gasteiger partial charge on any atom is -0.481 e. The van der Waals surface area contributed by atoms with Gasteiger partial charge in [-0.1, -0.05) is 0 Å². The van der Waals surface area contributed by atoms with Crippen molar-refractivity contribution in [3.63, 3.8) is 0 Å². The lowest BCUT2D eigenvalue weighted by atomic mass is 10.00. The third-order valence-corrected chi connectivity index (χ3v) is 3.99. The number of thiophene rings is 1. The van der Waals surface area contributed by atoms with Crippen LogP contribution >= 0.6 is 27.3 Å². The van der Waals surface area contributed by atoms with E-state index in [0.717, 1.165) is 8.66 Å². The van der Waals surface area contributed by atoms with Crippen molar-refractivity contribution < 1.29 is 9.90 Å². The molecule has 2 rings (SSSR count). The van der Waals surface area contributed by atoms with Crippen molar-refractivity contribution in [2.45, 2.75) is 12.3 Å². The maximum Gasteiger partial charge on any atom is 0.304 e. The summed E-state index contributed by atoms with van der Waals surface area (Å²) in [7, 11) is 0. The number of nitrogens with zero attached hydrogens (tertiary/aromatic N) is 2. The van der Waals surface area contributed by atoms with Gasteiger partial charge in [0.15, 0.2) is 0 Å². The second-order valence-corrected chi connectivity index (χ2v) is 5.92. The molecule has 1 unspecified atom stereocenters. The van der Waals surface area contributed by atoms with Gasteiger partial charge in [0.05, 0.1) is 15.9 Å². The largest absolute Gasteiger partial charge is 0.481 e. The molecule has 0 radical (unpaired) electrons. The number of hydrogen-bond donors (Lipinski definition) is 1. The lowest BCUT2D eigenvalue weighted by Crippen LogP contribution is -2.08. The van der Waals surface area contributed by atoms with Crippen molar-refractivity contribution in [2.24, 2.45) is 0 Å². The molecular formula is C11H9BrN2O2S. The van der Waals surface area contributed by atoms with Gasteiger partial charge in [0.1, 0.15) is 0 Å². The second-order valence-electron chi connectivity index (χ2n) is 3.42. The molecule has 1 N–H and O–H groups in total. The molecule has 2 aromatic heterocycles. The summed E-state index contributed by atoms with van der Waals surface area (Å²) in [4.78, 5) is 20.0. The fourth-order valence-corrected chi connectivity index (χ4v) is 3.07. The lowest BCUT2D eigenvalue weighted by molar-refractivity contribution is -0.137. The molecule has 88 valence electrons. The standard InChI is InChI=1S/C11H9BrN2O2S/c12-10-2-1-9(17-10)7(5-11(15)16)8-6-13-3-4-14-8/h1-4,6-7H,5H2,(H,15,16). The van der Waals surface area contributed by atoms with Gasteiger partial charge in [-0.3, -0.25) is 14.8 Å². The fraction of sp³-hybridized carbons (Fsp3) is 0.182. The monoisotopic (exact) mass is 312 g/mol. The number of carbonyl (C=O) groups is 1. The zero-order chi connectivity index (χ0) is 12.3. The fourth-order valence-electron chi connectivity index (χ4n) is 1.53. The number of rotatable bonds is 4. The molecule has 0 aliphatic carbocycles. The zero-order valence-electron chi connectivity index (χ0n) is 8.71. The first-order chi connectivity index (χ1) is 8.16. The first kappa shape index (κ1) is 12.2. The Hall–Kier alpha value is -1.27. The Morgan fingerprint density at radius 1 is 1.47 bits per heavy atom. The van der Waals surface area contributed by atoms with Crippen molar-refractivity contribution in [3.05, 3.63) is 45.1 Å². The van der Waals surface area contributed by atoms with E-state index in [2.05, 4.69) is 25.9 Å². The summed E-state index contributed by atoms with van der Waals surface area (Å²) in [5.41, 5.74) is 0.684. The summed E-state index contributed by atoms with van der Waals surface area (Å²) < 4.78 is 0.978. The number of halogens is 1. The summed E-state index contributed by atoms with van der Waals surface area (Å²) in [6, 6.07) is 3.82. The smallest absolute Gasteiger partial charge is 0.304 e. The van der Waals surface area contributed by atoms with E-state index >= 15 is 0 Å². The molecule has 17 heavy (non-hydrogen) atoms. The van der Waals surface area contributed by atoms with Gasteiger partial charge in [-0.15, -0.1) is 11.3 Å². The van der Waals surface area contributed by atoms with E-state index in [1.165, 1.54) is 11.3 Å². The number of carboxylic acid groups (broad SMARTS) is 1. The zero-order valence-corrected chi connectivity index (χ0v) is 11.1. The van der Waals surface area contributed by atoms with Gasteiger partial charge in [0.25, 0.3) is 0 Å². The Labute approximate surface area is 110 Å². The van der Waals surface area contributed by atoms with Gasteiger partial charge in [0.2, 0.25) is 0 Å². The Kier molecular flexibility index (Phi) is 3.86. The van der Waals surface area contributed by atoms with Crippen molar-refractivity contribution in [1.29, 1.82) is 0 Å². The average Bonchev–Trinajstić information content (AvgIpc) is 2.73. The molecule has 4 nitrogen and oxygen atoms in total. The van der Waals surface area contributed by atoms with Crippen LogP contribution in [0.15, 0.2) is 34.5 Å². The molecule has 2 heterocycles. The predicted molar refractivity (Wildman–Crippen MR) is 68.1 cm³/mol. The molecular weight excluding hydrogens is 304 g/mol. The van der Waals surface area contributed by atoms with E-state index < -0.39 is 5.97 Å². The van der Waals surface area contributed by atoms with E-state index in [0.29, 0.717) is 5.69 Å². The van der Waals surface area contributed by atoms with E-state index in [-0.39, 0.29) is 12.3 Å². The first-order valence-corrected chi connectivity index (χ1v) is 6.50. The molecule has 0 aliphatic heterocycles. The van der Waals surface area contributed by atoms with Crippen LogP contribution in [0.2, 0.25) is 0 Å². The third kappa shape index (κ3) is 3.10. The molecule has 0 aromatic carbocycles. The summed E-state index contributed by atoms with van der Waals surface area (Å²) in [5, 5.41) is 8.96. The highest BCUT2D eigenvalue weighted by Gasteiger charge is 2.20. The summed E-state index contributed by atoms with van der Waals surface area (Å²) in [6.07, 6.45) is 4.78. The van der Waals surface area contributed by atoms with Crippen LogP contribution in [-0.2, 0) is 4.79 Å². The number of aliphatic carboxylic acids is 1. The maximum atomic E-state index is 10.9. The summed E-state index contributed by atoms with van der Waals surface area (Å²) >= 11 is 4.89. The van der Waals surface area contributed by atoms with Crippen LogP contribution in [0.5, 0.6) is 0 Å². The van der Waals surface area contributed by atoms with Crippen molar-refractivity contribution >= 4 is 33.2 Å². The summed E-state index contributed by atoms with van der Waals surface area (Å²) in [5.74, 6) is -1.08. The van der Waals surface area contributed by atoms with Crippen LogP contribution in [0, 0.1) is 0 Å². The van der Waals surface area contributed by atoms with Crippen LogP contribution in [0.4, 0.5) is 0 Å². The topological polar surface area (TPSA) is 63.1 Å². The van der Waals surface area contributed by atoms with E-state index in [4.69, 9.17) is 5.11 Å². The molecule has 2 aromatic rings. The highest BCUT2D eigenvalue weighted by Crippen LogP contribution is 2.33. The summed E-state index contributed by atoms with van der Waals surface area (Å²) in [6.45, 7) is 0. The second kappa shape index (κ2) is 5.37. The molecule has 0 fully saturated rings. The third-order valence-electron chi connectivity index (χ3n) is 2.26. The van der Waals surface area contributed by atoms with Gasteiger partial charge in [-0.2, -0.15) is 0 Å². The molecule has 6 heteroatoms. The molecule has 0 saturated heterocycles. The van der Waals surface area contributed by atoms with Crippen LogP contribution in [0.1, 0.15) is 22.9 Å². The number of aromatic nitrogens is 2. The van der Waals surface area contributed by atoms with Crippen LogP contribution in [-0.4, -0.2) is 21.0 Å². The van der Waals surface area contributed by atoms with Gasteiger partial charge in [-0.25, -0.2) is 0 Å². The minimum atomic E-state index is -0.842. The highest BCUT2D eigenvalue weighted by molar-refractivity contribution is 9.11. The van der Waals surface area contributed by atoms with Crippen molar-refractivity contribution in [3.8, 4) is 0 Å². The quantitative estimate of drug-likeness (QED) is 0.943. The van der Waals surface area contributed by atoms with Gasteiger partial charge < -0.3 is 5.11 Å². The molecule has 0 bridgehead atoms. The van der Waals surface area contributed by atoms with E-state index in [9.17, 15) is 4.79 Å². The van der Waals surface area contributed by atoms with E-state index in [1.54, 1.807) is 18.6 Å². The minimum absolute atomic E-state index is 0.0195. The van der Waals surface area contributed by atoms with Crippen LogP contribution < -0.4 is 0 Å². The Morgan fingerprint density at radius 2 is 2.29 bits per heavy atom. The molecule has 0 amide bonds. The number of hydrogen-bond acceptors (Lipinski definition) is 4. The van der Waals surface area contributed by atoms with Crippen molar-refractivity contribution in [1.82, 2.24) is 9.97 Å². The lowest BCUT2D eigenvalue weighted by Gasteiger charge is -2.11. The average molecular weight is 313 g/mol. The van der Waals surface area contributed by atoms with Crippen LogP contribution in [0.3, 0.4) is 0 Å². The van der Waals surface area contributed by atoms with Gasteiger partial charge >= 0.3 is 5.97 Å². The molecule has 0 spiro atoms.